The van der Waals surface area contributed by atoms with Crippen molar-refractivity contribution in [2.45, 2.75) is 20.3 Å². The molecule has 0 heterocycles. The van der Waals surface area contributed by atoms with Gasteiger partial charge in [0.25, 0.3) is 5.69 Å². The van der Waals surface area contributed by atoms with Crippen LogP contribution in [0.4, 0.5) is 5.69 Å². The van der Waals surface area contributed by atoms with Crippen LogP contribution in [-0.2, 0) is 0 Å². The Morgan fingerprint density at radius 2 is 2.24 bits per heavy atom. The Bertz CT molecular complexity index is 449. The van der Waals surface area contributed by atoms with Crippen LogP contribution in [0.15, 0.2) is 24.3 Å². The van der Waals surface area contributed by atoms with E-state index >= 15 is 0 Å². The molecule has 0 aromatic heterocycles. The molecular weight excluding hydrogens is 220 g/mol. The van der Waals surface area contributed by atoms with Crippen molar-refractivity contribution in [1.29, 1.82) is 5.26 Å². The van der Waals surface area contributed by atoms with Crippen molar-refractivity contribution in [1.82, 2.24) is 0 Å². The number of nitro groups is 1. The summed E-state index contributed by atoms with van der Waals surface area (Å²) in [6, 6.07) is 8.18. The van der Waals surface area contributed by atoms with Crippen molar-refractivity contribution in [2.24, 2.45) is 5.41 Å². The van der Waals surface area contributed by atoms with E-state index in [9.17, 15) is 10.1 Å². The molecule has 0 atom stereocenters. The van der Waals surface area contributed by atoms with Gasteiger partial charge in [-0.1, -0.05) is 6.07 Å². The van der Waals surface area contributed by atoms with Gasteiger partial charge in [-0.25, -0.2) is 0 Å². The maximum atomic E-state index is 10.5. The van der Waals surface area contributed by atoms with Crippen molar-refractivity contribution in [3.05, 3.63) is 34.4 Å². The van der Waals surface area contributed by atoms with Crippen LogP contribution in [0.1, 0.15) is 20.3 Å². The third-order valence-electron chi connectivity index (χ3n) is 2.33. The first-order chi connectivity index (χ1) is 7.94. The molecule has 17 heavy (non-hydrogen) atoms. The summed E-state index contributed by atoms with van der Waals surface area (Å²) in [5, 5.41) is 19.4. The lowest BCUT2D eigenvalue weighted by atomic mass is 9.92. The molecule has 0 saturated carbocycles. The van der Waals surface area contributed by atoms with Crippen molar-refractivity contribution in [3.8, 4) is 11.8 Å². The second kappa shape index (κ2) is 5.30. The summed E-state index contributed by atoms with van der Waals surface area (Å²) >= 11 is 0. The number of non-ortho nitro benzene ring substituents is 1. The monoisotopic (exact) mass is 234 g/mol. The van der Waals surface area contributed by atoms with Gasteiger partial charge in [-0.2, -0.15) is 5.26 Å². The normalized spacial score (nSPS) is 10.6. The maximum Gasteiger partial charge on any atom is 0.273 e. The molecule has 1 rings (SSSR count). The van der Waals surface area contributed by atoms with Crippen LogP contribution in [0.2, 0.25) is 0 Å². The van der Waals surface area contributed by atoms with E-state index < -0.39 is 10.3 Å². The molecule has 1 aromatic carbocycles. The first-order valence-corrected chi connectivity index (χ1v) is 5.23. The number of hydrogen-bond donors (Lipinski definition) is 0. The molecule has 0 bridgehead atoms. The SMILES string of the molecule is CC(C)(C#N)CCOc1cccc([N+](=O)[O-])c1. The number of hydrogen-bond acceptors (Lipinski definition) is 4. The second-order valence-corrected chi connectivity index (χ2v) is 4.35. The number of rotatable bonds is 5. The van der Waals surface area contributed by atoms with Crippen LogP contribution in [0.3, 0.4) is 0 Å². The van der Waals surface area contributed by atoms with E-state index in [1.807, 2.05) is 13.8 Å². The summed E-state index contributed by atoms with van der Waals surface area (Å²) < 4.78 is 5.38. The Hall–Kier alpha value is -2.09. The molecular formula is C12H14N2O3. The van der Waals surface area contributed by atoms with Crippen LogP contribution >= 0.6 is 0 Å². The Labute approximate surface area is 99.8 Å². The number of benzene rings is 1. The molecule has 0 spiro atoms. The van der Waals surface area contributed by atoms with E-state index in [0.29, 0.717) is 18.8 Å². The first kappa shape index (κ1) is 13.0. The summed E-state index contributed by atoms with van der Waals surface area (Å²) in [4.78, 5) is 10.1. The smallest absolute Gasteiger partial charge is 0.273 e. The van der Waals surface area contributed by atoms with Gasteiger partial charge in [0.2, 0.25) is 0 Å². The summed E-state index contributed by atoms with van der Waals surface area (Å²) in [6.07, 6.45) is 0.576. The number of nitriles is 1. The highest BCUT2D eigenvalue weighted by Crippen LogP contribution is 2.22. The zero-order valence-corrected chi connectivity index (χ0v) is 9.84. The zero-order chi connectivity index (χ0) is 12.9. The lowest BCUT2D eigenvalue weighted by Crippen LogP contribution is -2.13. The number of nitrogens with zero attached hydrogens (tertiary/aromatic N) is 2. The third kappa shape index (κ3) is 4.11. The van der Waals surface area contributed by atoms with Crippen LogP contribution < -0.4 is 4.74 Å². The van der Waals surface area contributed by atoms with Crippen LogP contribution in [0, 0.1) is 26.9 Å². The Balaban J connectivity index is 2.56. The number of nitro benzene ring substituents is 1. The third-order valence-corrected chi connectivity index (χ3v) is 2.33. The minimum absolute atomic E-state index is 0.00189. The van der Waals surface area contributed by atoms with Crippen molar-refractivity contribution in [3.63, 3.8) is 0 Å². The van der Waals surface area contributed by atoms with Crippen LogP contribution in [0.25, 0.3) is 0 Å². The standard InChI is InChI=1S/C12H14N2O3/c1-12(2,9-13)6-7-17-11-5-3-4-10(8-11)14(15)16/h3-5,8H,6-7H2,1-2H3. The Kier molecular flexibility index (Phi) is 4.05. The topological polar surface area (TPSA) is 76.2 Å². The van der Waals surface area contributed by atoms with E-state index in [4.69, 9.17) is 10.00 Å². The molecule has 0 N–H and O–H groups in total. The van der Waals surface area contributed by atoms with Crippen LogP contribution in [-0.4, -0.2) is 11.5 Å². The first-order valence-electron chi connectivity index (χ1n) is 5.23. The molecule has 0 aliphatic rings. The van der Waals surface area contributed by atoms with Gasteiger partial charge < -0.3 is 4.74 Å². The molecule has 0 radical (unpaired) electrons. The van der Waals surface area contributed by atoms with E-state index in [1.54, 1.807) is 12.1 Å². The maximum absolute atomic E-state index is 10.5. The van der Waals surface area contributed by atoms with Gasteiger partial charge in [0.05, 0.1) is 29.1 Å². The van der Waals surface area contributed by atoms with Crippen molar-refractivity contribution in [2.75, 3.05) is 6.61 Å². The van der Waals surface area contributed by atoms with Gasteiger partial charge >= 0.3 is 0 Å². The highest BCUT2D eigenvalue weighted by atomic mass is 16.6. The minimum atomic E-state index is -0.466. The molecule has 0 unspecified atom stereocenters. The summed E-state index contributed by atoms with van der Waals surface area (Å²) in [5.41, 5.74) is -0.442. The molecule has 0 aliphatic carbocycles. The molecule has 5 heteroatoms. The molecule has 0 fully saturated rings. The average molecular weight is 234 g/mol. The largest absolute Gasteiger partial charge is 0.493 e. The fraction of sp³-hybridized carbons (Fsp3) is 0.417. The predicted octanol–water partition coefficient (Wildman–Crippen LogP) is 2.91. The van der Waals surface area contributed by atoms with Gasteiger partial charge in [-0.15, -0.1) is 0 Å². The molecule has 90 valence electrons. The summed E-state index contributed by atoms with van der Waals surface area (Å²) in [5.74, 6) is 0.452. The van der Waals surface area contributed by atoms with Gasteiger partial charge in [0.15, 0.2) is 0 Å². The van der Waals surface area contributed by atoms with E-state index in [0.717, 1.165) is 0 Å². The molecule has 0 saturated heterocycles. The number of ether oxygens (including phenoxy) is 1. The minimum Gasteiger partial charge on any atom is -0.493 e. The predicted molar refractivity (Wildman–Crippen MR) is 62.6 cm³/mol. The average Bonchev–Trinajstić information content (AvgIpc) is 2.29. The molecule has 1 aromatic rings. The van der Waals surface area contributed by atoms with E-state index in [-0.39, 0.29) is 5.69 Å². The van der Waals surface area contributed by atoms with Crippen molar-refractivity contribution < 1.29 is 9.66 Å². The lowest BCUT2D eigenvalue weighted by Gasteiger charge is -2.15. The highest BCUT2D eigenvalue weighted by molar-refractivity contribution is 5.37. The van der Waals surface area contributed by atoms with Gasteiger partial charge in [0, 0.05) is 6.07 Å². The lowest BCUT2D eigenvalue weighted by molar-refractivity contribution is -0.384. The fourth-order valence-electron chi connectivity index (χ4n) is 1.17. The van der Waals surface area contributed by atoms with E-state index in [1.165, 1.54) is 12.1 Å². The molecule has 0 amide bonds. The highest BCUT2D eigenvalue weighted by Gasteiger charge is 2.16. The zero-order valence-electron chi connectivity index (χ0n) is 9.84. The quantitative estimate of drug-likeness (QED) is 0.579. The van der Waals surface area contributed by atoms with Gasteiger partial charge in [0.1, 0.15) is 5.75 Å². The van der Waals surface area contributed by atoms with Gasteiger partial charge in [-0.3, -0.25) is 10.1 Å². The van der Waals surface area contributed by atoms with E-state index in [2.05, 4.69) is 6.07 Å². The molecule has 0 aliphatic heterocycles. The van der Waals surface area contributed by atoms with Gasteiger partial charge in [-0.05, 0) is 26.3 Å². The molecule has 5 nitrogen and oxygen atoms in total. The second-order valence-electron chi connectivity index (χ2n) is 4.35. The summed E-state index contributed by atoms with van der Waals surface area (Å²) in [6.45, 7) is 4.01. The van der Waals surface area contributed by atoms with Crippen molar-refractivity contribution >= 4 is 5.69 Å². The Morgan fingerprint density at radius 3 is 2.82 bits per heavy atom. The van der Waals surface area contributed by atoms with Crippen LogP contribution in [0.5, 0.6) is 5.75 Å². The fourth-order valence-corrected chi connectivity index (χ4v) is 1.17. The Morgan fingerprint density at radius 1 is 1.53 bits per heavy atom. The summed E-state index contributed by atoms with van der Waals surface area (Å²) in [7, 11) is 0.